The largest absolute Gasteiger partial charge is 0.396 e. The summed E-state index contributed by atoms with van der Waals surface area (Å²) in [5.74, 6) is 0.601. The van der Waals surface area contributed by atoms with Crippen LogP contribution in [0.2, 0.25) is 0 Å². The molecule has 1 heterocycles. The van der Waals surface area contributed by atoms with Crippen LogP contribution in [-0.2, 0) is 10.5 Å². The summed E-state index contributed by atoms with van der Waals surface area (Å²) >= 11 is 1.60. The lowest BCUT2D eigenvalue weighted by Gasteiger charge is -2.29. The van der Waals surface area contributed by atoms with Gasteiger partial charge in [-0.15, -0.1) is 0 Å². The summed E-state index contributed by atoms with van der Waals surface area (Å²) in [6.45, 7) is 6.87. The van der Waals surface area contributed by atoms with E-state index in [2.05, 4.69) is 20.7 Å². The number of aliphatic hydroxyl groups is 1. The monoisotopic (exact) mass is 546 g/mol. The van der Waals surface area contributed by atoms with E-state index in [1.165, 1.54) is 5.56 Å². The zero-order valence-corrected chi connectivity index (χ0v) is 23.1. The van der Waals surface area contributed by atoms with Crippen molar-refractivity contribution in [3.05, 3.63) is 94.0 Å². The van der Waals surface area contributed by atoms with Gasteiger partial charge in [0.1, 0.15) is 0 Å². The predicted octanol–water partition coefficient (Wildman–Crippen LogP) is 4.38. The smallest absolute Gasteiger partial charge is 0.273 e. The lowest BCUT2D eigenvalue weighted by atomic mass is 10.1. The molecule has 0 aliphatic carbocycles. The second-order valence-electron chi connectivity index (χ2n) is 9.30. The second-order valence-corrected chi connectivity index (χ2v) is 10.4. The topological polar surface area (TPSA) is 103 Å². The number of rotatable bonds is 10. The fraction of sp³-hybridized carbons (Fsp3) is 0.300. The number of benzene rings is 3. The number of nitrogens with zero attached hydrogens (tertiary/aromatic N) is 2. The van der Waals surface area contributed by atoms with Crippen LogP contribution >= 0.6 is 11.8 Å². The number of amides is 2. The summed E-state index contributed by atoms with van der Waals surface area (Å²) in [6.07, 6.45) is 1.61. The summed E-state index contributed by atoms with van der Waals surface area (Å²) in [5.41, 5.74) is 8.90. The van der Waals surface area contributed by atoms with Crippen molar-refractivity contribution in [2.24, 2.45) is 5.10 Å². The number of ether oxygens (including phenoxy) is 1. The molecular weight excluding hydrogens is 512 g/mol. The van der Waals surface area contributed by atoms with Gasteiger partial charge in [0.2, 0.25) is 0 Å². The minimum atomic E-state index is -0.422. The maximum absolute atomic E-state index is 13.3. The number of morpholine rings is 1. The zero-order valence-electron chi connectivity index (χ0n) is 22.3. The van der Waals surface area contributed by atoms with E-state index in [0.717, 1.165) is 35.5 Å². The molecule has 39 heavy (non-hydrogen) atoms. The molecule has 1 aliphatic heterocycles. The van der Waals surface area contributed by atoms with E-state index in [1.54, 1.807) is 36.2 Å². The van der Waals surface area contributed by atoms with Crippen molar-refractivity contribution in [1.82, 2.24) is 5.43 Å². The maximum Gasteiger partial charge on any atom is 0.273 e. The minimum Gasteiger partial charge on any atom is -0.396 e. The Morgan fingerprint density at radius 3 is 2.62 bits per heavy atom. The molecule has 1 aliphatic rings. The van der Waals surface area contributed by atoms with Crippen molar-refractivity contribution in [1.29, 1.82) is 0 Å². The molecule has 0 bridgehead atoms. The first kappa shape index (κ1) is 28.4. The van der Waals surface area contributed by atoms with Crippen LogP contribution in [0, 0.1) is 13.8 Å². The van der Waals surface area contributed by atoms with Gasteiger partial charge in [-0.3, -0.25) is 9.59 Å². The first-order chi connectivity index (χ1) is 18.9. The number of hydrogen-bond donors (Lipinski definition) is 3. The highest BCUT2D eigenvalue weighted by Crippen LogP contribution is 2.25. The SMILES string of the molecule is Cc1ccc(C=NNC(=O)c2cc(N3CCOCC3)ccc2NC(=O)c2cccc(CSCCO)c2)cc1C. The summed E-state index contributed by atoms with van der Waals surface area (Å²) in [7, 11) is 0. The van der Waals surface area contributed by atoms with Crippen LogP contribution < -0.4 is 15.6 Å². The molecule has 204 valence electrons. The maximum atomic E-state index is 13.3. The molecule has 0 radical (unpaired) electrons. The molecule has 0 saturated carbocycles. The molecule has 3 N–H and O–H groups in total. The van der Waals surface area contributed by atoms with Gasteiger partial charge in [0.05, 0.1) is 37.3 Å². The van der Waals surface area contributed by atoms with Crippen molar-refractivity contribution >= 4 is 41.2 Å². The normalized spacial score (nSPS) is 13.5. The van der Waals surface area contributed by atoms with Crippen LogP contribution in [0.4, 0.5) is 11.4 Å². The first-order valence-corrected chi connectivity index (χ1v) is 14.1. The van der Waals surface area contributed by atoms with E-state index >= 15 is 0 Å². The van der Waals surface area contributed by atoms with Crippen molar-refractivity contribution in [2.45, 2.75) is 19.6 Å². The Hall–Kier alpha value is -3.66. The molecule has 9 heteroatoms. The third kappa shape index (κ3) is 7.92. The summed E-state index contributed by atoms with van der Waals surface area (Å²) < 4.78 is 5.46. The van der Waals surface area contributed by atoms with Gasteiger partial charge >= 0.3 is 0 Å². The molecule has 1 saturated heterocycles. The van der Waals surface area contributed by atoms with Gasteiger partial charge < -0.3 is 20.1 Å². The van der Waals surface area contributed by atoms with Crippen LogP contribution in [-0.4, -0.2) is 61.8 Å². The third-order valence-electron chi connectivity index (χ3n) is 6.48. The van der Waals surface area contributed by atoms with Gasteiger partial charge in [-0.1, -0.05) is 30.3 Å². The Balaban J connectivity index is 1.54. The Bertz CT molecular complexity index is 1340. The van der Waals surface area contributed by atoms with E-state index in [9.17, 15) is 9.59 Å². The highest BCUT2D eigenvalue weighted by molar-refractivity contribution is 7.98. The van der Waals surface area contributed by atoms with Gasteiger partial charge in [-0.2, -0.15) is 16.9 Å². The lowest BCUT2D eigenvalue weighted by molar-refractivity contribution is 0.0956. The van der Waals surface area contributed by atoms with E-state index < -0.39 is 5.91 Å². The first-order valence-electron chi connectivity index (χ1n) is 12.9. The highest BCUT2D eigenvalue weighted by atomic mass is 32.2. The van der Waals surface area contributed by atoms with Gasteiger partial charge in [-0.05, 0) is 66.4 Å². The van der Waals surface area contributed by atoms with Gasteiger partial charge in [0.25, 0.3) is 11.8 Å². The molecule has 4 rings (SSSR count). The molecule has 2 amide bonds. The van der Waals surface area contributed by atoms with E-state index in [0.29, 0.717) is 41.5 Å². The molecule has 0 spiro atoms. The van der Waals surface area contributed by atoms with Crippen molar-refractivity contribution < 1.29 is 19.4 Å². The Morgan fingerprint density at radius 1 is 1.03 bits per heavy atom. The number of nitrogens with one attached hydrogen (secondary N) is 2. The van der Waals surface area contributed by atoms with Crippen LogP contribution in [0.1, 0.15) is 43.0 Å². The fourth-order valence-electron chi connectivity index (χ4n) is 4.17. The zero-order chi connectivity index (χ0) is 27.6. The number of carbonyl (C=O) groups is 2. The average molecular weight is 547 g/mol. The lowest BCUT2D eigenvalue weighted by Crippen LogP contribution is -2.36. The van der Waals surface area contributed by atoms with Crippen molar-refractivity contribution in [3.63, 3.8) is 0 Å². The number of anilines is 2. The number of hydrazone groups is 1. The number of hydrogen-bond acceptors (Lipinski definition) is 7. The molecule has 8 nitrogen and oxygen atoms in total. The number of aryl methyl sites for hydroxylation is 2. The standard InChI is InChI=1S/C30H34N4O4S/c1-21-6-7-23(16-22(21)2)19-31-33-30(37)27-18-26(34-10-13-38-14-11-34)8-9-28(27)32-29(36)25-5-3-4-24(17-25)20-39-15-12-35/h3-9,16-19,35H,10-15,20H2,1-2H3,(H,32,36)(H,33,37). The minimum absolute atomic E-state index is 0.116. The Labute approximate surface area is 233 Å². The third-order valence-corrected chi connectivity index (χ3v) is 7.49. The molecule has 3 aromatic carbocycles. The molecule has 0 aromatic heterocycles. The predicted molar refractivity (Wildman–Crippen MR) is 158 cm³/mol. The average Bonchev–Trinajstić information content (AvgIpc) is 2.96. The van der Waals surface area contributed by atoms with Crippen LogP contribution in [0.15, 0.2) is 65.8 Å². The molecule has 0 atom stereocenters. The van der Waals surface area contributed by atoms with E-state index in [4.69, 9.17) is 9.84 Å². The van der Waals surface area contributed by atoms with Gasteiger partial charge in [0.15, 0.2) is 0 Å². The summed E-state index contributed by atoms with van der Waals surface area (Å²) in [5, 5.41) is 16.1. The van der Waals surface area contributed by atoms with Crippen molar-refractivity contribution in [3.8, 4) is 0 Å². The summed E-state index contributed by atoms with van der Waals surface area (Å²) in [4.78, 5) is 28.6. The van der Waals surface area contributed by atoms with E-state index in [-0.39, 0.29) is 12.5 Å². The molecule has 3 aromatic rings. The summed E-state index contributed by atoms with van der Waals surface area (Å²) in [6, 6.07) is 18.8. The fourth-order valence-corrected chi connectivity index (χ4v) is 4.86. The van der Waals surface area contributed by atoms with Crippen LogP contribution in [0.25, 0.3) is 0 Å². The quantitative estimate of drug-likeness (QED) is 0.198. The van der Waals surface area contributed by atoms with Crippen LogP contribution in [0.3, 0.4) is 0 Å². The molecule has 0 unspecified atom stereocenters. The second kappa shape index (κ2) is 13.9. The van der Waals surface area contributed by atoms with Crippen LogP contribution in [0.5, 0.6) is 0 Å². The molecular formula is C30H34N4O4S. The molecule has 1 fully saturated rings. The van der Waals surface area contributed by atoms with Gasteiger partial charge in [0, 0.05) is 35.8 Å². The highest BCUT2D eigenvalue weighted by Gasteiger charge is 2.19. The number of aliphatic hydroxyl groups excluding tert-OH is 1. The number of thioether (sulfide) groups is 1. The Morgan fingerprint density at radius 2 is 1.85 bits per heavy atom. The number of carbonyl (C=O) groups excluding carboxylic acids is 2. The van der Waals surface area contributed by atoms with Crippen molar-refractivity contribution in [2.75, 3.05) is 48.9 Å². The van der Waals surface area contributed by atoms with Gasteiger partial charge in [-0.25, -0.2) is 5.43 Å². The van der Waals surface area contributed by atoms with E-state index in [1.807, 2.05) is 56.3 Å². The Kier molecular flexibility index (Phi) is 10.1.